The van der Waals surface area contributed by atoms with Gasteiger partial charge in [0, 0.05) is 26.6 Å². The Bertz CT molecular complexity index is 278. The SMILES string of the molecule is CC.CC.CC.CCCCCC=O.COC1CCC(OCCCC(N)=O)CC1. The van der Waals surface area contributed by atoms with Crippen LogP contribution in [0.5, 0.6) is 0 Å². The molecule has 0 spiro atoms. The van der Waals surface area contributed by atoms with Crippen LogP contribution in [0.4, 0.5) is 0 Å². The van der Waals surface area contributed by atoms with Crippen molar-refractivity contribution in [1.82, 2.24) is 0 Å². The Balaban J connectivity index is -0.000000187. The third-order valence-corrected chi connectivity index (χ3v) is 3.80. The van der Waals surface area contributed by atoms with Crippen LogP contribution in [-0.2, 0) is 19.1 Å². The highest BCUT2D eigenvalue weighted by Crippen LogP contribution is 2.22. The second-order valence-electron chi connectivity index (χ2n) is 5.74. The number of ether oxygens (including phenoxy) is 2. The van der Waals surface area contributed by atoms with Crippen molar-refractivity contribution in [2.75, 3.05) is 13.7 Å². The van der Waals surface area contributed by atoms with E-state index >= 15 is 0 Å². The van der Waals surface area contributed by atoms with Crippen molar-refractivity contribution in [2.24, 2.45) is 5.73 Å². The second-order valence-corrected chi connectivity index (χ2v) is 5.74. The third-order valence-electron chi connectivity index (χ3n) is 3.80. The van der Waals surface area contributed by atoms with E-state index in [0.29, 0.717) is 25.2 Å². The van der Waals surface area contributed by atoms with Crippen LogP contribution in [0, 0.1) is 0 Å². The summed E-state index contributed by atoms with van der Waals surface area (Å²) in [6.07, 6.45) is 11.4. The van der Waals surface area contributed by atoms with E-state index in [2.05, 4.69) is 6.92 Å². The van der Waals surface area contributed by atoms with E-state index < -0.39 is 0 Å². The second kappa shape index (κ2) is 33.6. The standard InChI is InChI=1S/C11H21NO3.C6H12O.3C2H6/c1-14-9-4-6-10(7-5-9)15-8-2-3-11(12)13;1-2-3-4-5-6-7;3*1-2/h9-10H,2-8H2,1H3,(H2,12,13);6H,2-5H2,1H3;3*1-2H3. The van der Waals surface area contributed by atoms with E-state index in [1.54, 1.807) is 7.11 Å². The molecule has 0 heterocycles. The smallest absolute Gasteiger partial charge is 0.217 e. The lowest BCUT2D eigenvalue weighted by atomic mass is 9.95. The number of methoxy groups -OCH3 is 1. The van der Waals surface area contributed by atoms with E-state index in [-0.39, 0.29) is 5.91 Å². The fourth-order valence-corrected chi connectivity index (χ4v) is 2.41. The van der Waals surface area contributed by atoms with Crippen molar-refractivity contribution in [2.45, 2.75) is 125 Å². The molecule has 1 amide bonds. The molecule has 28 heavy (non-hydrogen) atoms. The van der Waals surface area contributed by atoms with Crippen LogP contribution in [0.2, 0.25) is 0 Å². The Labute approximate surface area is 176 Å². The van der Waals surface area contributed by atoms with Crippen molar-refractivity contribution in [3.8, 4) is 0 Å². The minimum absolute atomic E-state index is 0.248. The first-order valence-electron chi connectivity index (χ1n) is 11.5. The Morgan fingerprint density at radius 3 is 1.82 bits per heavy atom. The zero-order chi connectivity index (χ0) is 22.6. The predicted octanol–water partition coefficient (Wildman–Crippen LogP) is 6.07. The molecule has 2 N–H and O–H groups in total. The number of hydrogen-bond acceptors (Lipinski definition) is 4. The number of amides is 1. The summed E-state index contributed by atoms with van der Waals surface area (Å²) < 4.78 is 10.9. The molecule has 0 aromatic rings. The highest BCUT2D eigenvalue weighted by atomic mass is 16.5. The Hall–Kier alpha value is -0.940. The minimum atomic E-state index is -0.248. The summed E-state index contributed by atoms with van der Waals surface area (Å²) >= 11 is 0. The molecule has 5 nitrogen and oxygen atoms in total. The molecule has 172 valence electrons. The number of carbonyl (C=O) groups is 2. The van der Waals surface area contributed by atoms with Gasteiger partial charge in [-0.1, -0.05) is 61.3 Å². The fourth-order valence-electron chi connectivity index (χ4n) is 2.41. The molecule has 1 aliphatic rings. The zero-order valence-electron chi connectivity index (χ0n) is 20.2. The minimum Gasteiger partial charge on any atom is -0.381 e. The molecule has 0 atom stereocenters. The van der Waals surface area contributed by atoms with Gasteiger partial charge >= 0.3 is 0 Å². The van der Waals surface area contributed by atoms with Crippen LogP contribution in [0.25, 0.3) is 0 Å². The number of rotatable bonds is 10. The third kappa shape index (κ3) is 29.8. The lowest BCUT2D eigenvalue weighted by Crippen LogP contribution is -2.26. The first-order chi connectivity index (χ1) is 13.6. The van der Waals surface area contributed by atoms with Gasteiger partial charge in [0.05, 0.1) is 12.2 Å². The number of aldehydes is 1. The summed E-state index contributed by atoms with van der Waals surface area (Å²) in [6, 6.07) is 0. The summed E-state index contributed by atoms with van der Waals surface area (Å²) in [5.41, 5.74) is 5.04. The summed E-state index contributed by atoms with van der Waals surface area (Å²) in [4.78, 5) is 20.2. The van der Waals surface area contributed by atoms with Gasteiger partial charge in [0.25, 0.3) is 0 Å². The topological polar surface area (TPSA) is 78.6 Å². The first-order valence-corrected chi connectivity index (χ1v) is 11.5. The average Bonchev–Trinajstić information content (AvgIpc) is 2.77. The van der Waals surface area contributed by atoms with E-state index in [0.717, 1.165) is 51.2 Å². The summed E-state index contributed by atoms with van der Waals surface area (Å²) in [5.74, 6) is -0.248. The quantitative estimate of drug-likeness (QED) is 0.353. The lowest BCUT2D eigenvalue weighted by Gasteiger charge is -2.27. The maximum Gasteiger partial charge on any atom is 0.217 e. The number of primary amides is 1. The van der Waals surface area contributed by atoms with Gasteiger partial charge in [0.1, 0.15) is 6.29 Å². The number of carbonyl (C=O) groups excluding carboxylic acids is 2. The van der Waals surface area contributed by atoms with Crippen molar-refractivity contribution >= 4 is 12.2 Å². The van der Waals surface area contributed by atoms with E-state index in [4.69, 9.17) is 15.2 Å². The fraction of sp³-hybridized carbons (Fsp3) is 0.913. The summed E-state index contributed by atoms with van der Waals surface area (Å²) in [5, 5.41) is 0. The Kier molecular flexibility index (Phi) is 41.5. The Morgan fingerprint density at radius 2 is 1.43 bits per heavy atom. The van der Waals surface area contributed by atoms with Gasteiger partial charge < -0.3 is 20.0 Å². The molecule has 0 aliphatic heterocycles. The van der Waals surface area contributed by atoms with Crippen LogP contribution in [0.3, 0.4) is 0 Å². The molecule has 0 unspecified atom stereocenters. The van der Waals surface area contributed by atoms with Gasteiger partial charge in [-0.05, 0) is 38.5 Å². The van der Waals surface area contributed by atoms with Gasteiger partial charge in [0.15, 0.2) is 0 Å². The first kappa shape index (κ1) is 34.6. The highest BCUT2D eigenvalue weighted by Gasteiger charge is 2.20. The highest BCUT2D eigenvalue weighted by molar-refractivity contribution is 5.73. The van der Waals surface area contributed by atoms with Crippen molar-refractivity contribution in [1.29, 1.82) is 0 Å². The van der Waals surface area contributed by atoms with Gasteiger partial charge in [-0.2, -0.15) is 0 Å². The van der Waals surface area contributed by atoms with Gasteiger partial charge in [-0.15, -0.1) is 0 Å². The average molecular weight is 406 g/mol. The monoisotopic (exact) mass is 405 g/mol. The number of nitrogens with two attached hydrogens (primary N) is 1. The van der Waals surface area contributed by atoms with Crippen LogP contribution in [-0.4, -0.2) is 38.1 Å². The zero-order valence-corrected chi connectivity index (χ0v) is 20.2. The molecule has 0 aromatic heterocycles. The van der Waals surface area contributed by atoms with Gasteiger partial charge in [-0.3, -0.25) is 4.79 Å². The van der Waals surface area contributed by atoms with E-state index in [1.165, 1.54) is 12.8 Å². The molecule has 0 radical (unpaired) electrons. The largest absolute Gasteiger partial charge is 0.381 e. The van der Waals surface area contributed by atoms with E-state index in [1.807, 2.05) is 41.5 Å². The number of unbranched alkanes of at least 4 members (excludes halogenated alkanes) is 3. The molecule has 1 saturated carbocycles. The van der Waals surface area contributed by atoms with Crippen molar-refractivity contribution < 1.29 is 19.1 Å². The summed E-state index contributed by atoms with van der Waals surface area (Å²) in [7, 11) is 1.76. The van der Waals surface area contributed by atoms with Crippen LogP contribution < -0.4 is 5.73 Å². The van der Waals surface area contributed by atoms with Gasteiger partial charge in [-0.25, -0.2) is 0 Å². The normalized spacial score (nSPS) is 17.0. The molecule has 5 heteroatoms. The molecule has 0 bridgehead atoms. The van der Waals surface area contributed by atoms with Crippen LogP contribution in [0.15, 0.2) is 0 Å². The molecule has 1 rings (SSSR count). The lowest BCUT2D eigenvalue weighted by molar-refractivity contribution is -0.118. The number of hydrogen-bond donors (Lipinski definition) is 1. The molecule has 1 fully saturated rings. The molecular weight excluding hydrogens is 354 g/mol. The maximum atomic E-state index is 10.5. The predicted molar refractivity (Wildman–Crippen MR) is 122 cm³/mol. The Morgan fingerprint density at radius 1 is 0.929 bits per heavy atom. The van der Waals surface area contributed by atoms with Crippen LogP contribution >= 0.6 is 0 Å². The molecular formula is C23H51NO4. The molecule has 0 aromatic carbocycles. The van der Waals surface area contributed by atoms with Gasteiger partial charge in [0.2, 0.25) is 5.91 Å². The van der Waals surface area contributed by atoms with Crippen LogP contribution in [0.1, 0.15) is 113 Å². The molecule has 0 saturated heterocycles. The van der Waals surface area contributed by atoms with E-state index in [9.17, 15) is 9.59 Å². The van der Waals surface area contributed by atoms with Crippen molar-refractivity contribution in [3.05, 3.63) is 0 Å². The molecule has 1 aliphatic carbocycles. The maximum absolute atomic E-state index is 10.5. The van der Waals surface area contributed by atoms with Crippen molar-refractivity contribution in [3.63, 3.8) is 0 Å². The summed E-state index contributed by atoms with van der Waals surface area (Å²) in [6.45, 7) is 14.8.